The van der Waals surface area contributed by atoms with Crippen molar-refractivity contribution in [1.29, 1.82) is 0 Å². The highest BCUT2D eigenvalue weighted by Crippen LogP contribution is 2.36. The summed E-state index contributed by atoms with van der Waals surface area (Å²) in [5.41, 5.74) is 4.50. The van der Waals surface area contributed by atoms with E-state index in [0.717, 1.165) is 46.9 Å². The average Bonchev–Trinajstić information content (AvgIpc) is 3.29. The number of hydrogen-bond donors (Lipinski definition) is 1. The molecule has 0 bridgehead atoms. The molecule has 1 amide bonds. The van der Waals surface area contributed by atoms with Crippen molar-refractivity contribution >= 4 is 11.6 Å². The summed E-state index contributed by atoms with van der Waals surface area (Å²) in [6.45, 7) is 3.90. The molecule has 1 aromatic carbocycles. The van der Waals surface area contributed by atoms with E-state index in [9.17, 15) is 4.79 Å². The molecule has 1 saturated carbocycles. The molecule has 8 heteroatoms. The van der Waals surface area contributed by atoms with Crippen LogP contribution in [-0.2, 0) is 18.3 Å². The molecule has 0 atom stereocenters. The quantitative estimate of drug-likeness (QED) is 0.761. The van der Waals surface area contributed by atoms with Gasteiger partial charge in [0.15, 0.2) is 5.82 Å². The topological polar surface area (TPSA) is 90.5 Å². The Kier molecular flexibility index (Phi) is 4.02. The van der Waals surface area contributed by atoms with Gasteiger partial charge in [0.25, 0.3) is 0 Å². The van der Waals surface area contributed by atoms with Gasteiger partial charge in [-0.15, -0.1) is 5.10 Å². The number of nitrogens with one attached hydrogen (secondary N) is 1. The Morgan fingerprint density at radius 2 is 2.12 bits per heavy atom. The van der Waals surface area contributed by atoms with Crippen molar-refractivity contribution in [2.45, 2.75) is 39.2 Å². The zero-order chi connectivity index (χ0) is 18.3. The number of benzene rings is 1. The molecule has 1 aliphatic carbocycles. The van der Waals surface area contributed by atoms with Crippen molar-refractivity contribution in [1.82, 2.24) is 30.0 Å². The van der Waals surface area contributed by atoms with Crippen LogP contribution in [0.3, 0.4) is 0 Å². The number of hydrogen-bond acceptors (Lipinski definition) is 5. The van der Waals surface area contributed by atoms with Crippen LogP contribution in [0, 0.1) is 13.8 Å². The van der Waals surface area contributed by atoms with E-state index < -0.39 is 0 Å². The summed E-state index contributed by atoms with van der Waals surface area (Å²) in [7, 11) is 1.89. The highest BCUT2D eigenvalue weighted by molar-refractivity contribution is 5.93. The largest absolute Gasteiger partial charge is 0.326 e. The predicted octanol–water partition coefficient (Wildman–Crippen LogP) is 2.21. The van der Waals surface area contributed by atoms with Gasteiger partial charge in [0.2, 0.25) is 5.91 Å². The summed E-state index contributed by atoms with van der Waals surface area (Å²) < 4.78 is 3.67. The van der Waals surface area contributed by atoms with Gasteiger partial charge in [0.1, 0.15) is 0 Å². The van der Waals surface area contributed by atoms with Crippen LogP contribution in [0.5, 0.6) is 0 Å². The molecule has 0 spiro atoms. The lowest BCUT2D eigenvalue weighted by molar-refractivity contribution is -0.115. The second-order valence-corrected chi connectivity index (χ2v) is 6.76. The Hall–Kier alpha value is -3.03. The van der Waals surface area contributed by atoms with E-state index in [1.807, 2.05) is 49.8 Å². The molecule has 3 aromatic rings. The molecule has 0 radical (unpaired) electrons. The third-order valence-corrected chi connectivity index (χ3v) is 4.79. The first-order valence-electron chi connectivity index (χ1n) is 8.70. The minimum absolute atomic E-state index is 0.0665. The SMILES string of the molecule is Cc1nn(C)c(C)c1CC(=O)Nc1cccc(-c2nnnn2C2CC2)c1. The van der Waals surface area contributed by atoms with Gasteiger partial charge in [0.05, 0.1) is 18.2 Å². The van der Waals surface area contributed by atoms with Gasteiger partial charge in [-0.1, -0.05) is 12.1 Å². The van der Waals surface area contributed by atoms with E-state index in [1.165, 1.54) is 0 Å². The van der Waals surface area contributed by atoms with E-state index in [1.54, 1.807) is 4.68 Å². The lowest BCUT2D eigenvalue weighted by Crippen LogP contribution is -2.15. The molecule has 8 nitrogen and oxygen atoms in total. The number of amides is 1. The van der Waals surface area contributed by atoms with E-state index in [4.69, 9.17) is 0 Å². The van der Waals surface area contributed by atoms with Crippen LogP contribution >= 0.6 is 0 Å². The monoisotopic (exact) mass is 351 g/mol. The molecule has 1 aliphatic rings. The van der Waals surface area contributed by atoms with Crippen LogP contribution in [0.25, 0.3) is 11.4 Å². The van der Waals surface area contributed by atoms with Crippen molar-refractivity contribution in [2.75, 3.05) is 5.32 Å². The molecule has 2 aromatic heterocycles. The number of carbonyl (C=O) groups excluding carboxylic acids is 1. The summed E-state index contributed by atoms with van der Waals surface area (Å²) in [4.78, 5) is 12.5. The number of aromatic nitrogens is 6. The average molecular weight is 351 g/mol. The fourth-order valence-electron chi connectivity index (χ4n) is 3.12. The van der Waals surface area contributed by atoms with Crippen LogP contribution in [0.1, 0.15) is 35.8 Å². The Morgan fingerprint density at radius 3 is 2.81 bits per heavy atom. The molecule has 134 valence electrons. The predicted molar refractivity (Wildman–Crippen MR) is 96.5 cm³/mol. The Morgan fingerprint density at radius 1 is 1.31 bits per heavy atom. The van der Waals surface area contributed by atoms with Crippen LogP contribution < -0.4 is 5.32 Å². The van der Waals surface area contributed by atoms with Crippen LogP contribution in [0.15, 0.2) is 24.3 Å². The second-order valence-electron chi connectivity index (χ2n) is 6.76. The van der Waals surface area contributed by atoms with Crippen molar-refractivity contribution in [3.63, 3.8) is 0 Å². The second kappa shape index (κ2) is 6.36. The first-order chi connectivity index (χ1) is 12.5. The first kappa shape index (κ1) is 16.4. The molecule has 1 fully saturated rings. The molecule has 0 saturated heterocycles. The Balaban J connectivity index is 1.52. The van der Waals surface area contributed by atoms with E-state index in [-0.39, 0.29) is 5.91 Å². The normalized spacial score (nSPS) is 13.8. The molecule has 0 unspecified atom stereocenters. The van der Waals surface area contributed by atoms with Crippen molar-refractivity contribution in [3.8, 4) is 11.4 Å². The van der Waals surface area contributed by atoms with Gasteiger partial charge in [-0.2, -0.15) is 5.10 Å². The number of nitrogens with zero attached hydrogens (tertiary/aromatic N) is 6. The number of tetrazole rings is 1. The first-order valence-corrected chi connectivity index (χ1v) is 8.70. The molecular formula is C18H21N7O. The van der Waals surface area contributed by atoms with Gasteiger partial charge in [-0.3, -0.25) is 9.48 Å². The smallest absolute Gasteiger partial charge is 0.228 e. The van der Waals surface area contributed by atoms with Crippen LogP contribution in [0.2, 0.25) is 0 Å². The number of anilines is 1. The Labute approximate surface area is 151 Å². The fraction of sp³-hybridized carbons (Fsp3) is 0.389. The van der Waals surface area contributed by atoms with Gasteiger partial charge in [-0.25, -0.2) is 4.68 Å². The summed E-state index contributed by atoms with van der Waals surface area (Å²) in [6.07, 6.45) is 2.52. The van der Waals surface area contributed by atoms with E-state index >= 15 is 0 Å². The lowest BCUT2D eigenvalue weighted by Gasteiger charge is -2.08. The minimum atomic E-state index is -0.0665. The van der Waals surface area contributed by atoms with Gasteiger partial charge >= 0.3 is 0 Å². The van der Waals surface area contributed by atoms with Crippen molar-refractivity contribution < 1.29 is 4.79 Å². The molecule has 4 rings (SSSR count). The van der Waals surface area contributed by atoms with Crippen LogP contribution in [0.4, 0.5) is 5.69 Å². The highest BCUT2D eigenvalue weighted by atomic mass is 16.1. The summed E-state index contributed by atoms with van der Waals surface area (Å²) in [5, 5.41) is 19.3. The molecule has 0 aliphatic heterocycles. The fourth-order valence-corrected chi connectivity index (χ4v) is 3.12. The minimum Gasteiger partial charge on any atom is -0.326 e. The van der Waals surface area contributed by atoms with Crippen LogP contribution in [-0.4, -0.2) is 35.9 Å². The lowest BCUT2D eigenvalue weighted by atomic mass is 10.1. The van der Waals surface area contributed by atoms with Gasteiger partial charge < -0.3 is 5.32 Å². The standard InChI is InChI=1S/C18H21N7O/c1-11-16(12(2)24(3)21-11)10-17(26)19-14-6-4-5-13(9-14)18-20-22-23-25(18)15-7-8-15/h4-6,9,15H,7-8,10H2,1-3H3,(H,19,26). The Bertz CT molecular complexity index is 968. The van der Waals surface area contributed by atoms with Gasteiger partial charge in [-0.05, 0) is 49.2 Å². The van der Waals surface area contributed by atoms with E-state index in [2.05, 4.69) is 25.9 Å². The molecule has 2 heterocycles. The maximum atomic E-state index is 12.5. The third-order valence-electron chi connectivity index (χ3n) is 4.79. The molecule has 1 N–H and O–H groups in total. The molecular weight excluding hydrogens is 330 g/mol. The van der Waals surface area contributed by atoms with Gasteiger partial charge in [0, 0.05) is 29.6 Å². The number of rotatable bonds is 5. The summed E-state index contributed by atoms with van der Waals surface area (Å²) in [5.74, 6) is 0.672. The highest BCUT2D eigenvalue weighted by Gasteiger charge is 2.28. The zero-order valence-electron chi connectivity index (χ0n) is 15.1. The maximum Gasteiger partial charge on any atom is 0.228 e. The summed E-state index contributed by atoms with van der Waals surface area (Å²) >= 11 is 0. The summed E-state index contributed by atoms with van der Waals surface area (Å²) in [6, 6.07) is 8.03. The van der Waals surface area contributed by atoms with Crippen molar-refractivity contribution in [3.05, 3.63) is 41.2 Å². The number of aryl methyl sites for hydroxylation is 2. The number of carbonyl (C=O) groups is 1. The maximum absolute atomic E-state index is 12.5. The third kappa shape index (κ3) is 3.10. The van der Waals surface area contributed by atoms with Crippen molar-refractivity contribution in [2.24, 2.45) is 7.05 Å². The van der Waals surface area contributed by atoms with E-state index in [0.29, 0.717) is 12.5 Å². The zero-order valence-corrected chi connectivity index (χ0v) is 15.1. The molecule has 26 heavy (non-hydrogen) atoms.